The first kappa shape index (κ1) is 10.1. The highest BCUT2D eigenvalue weighted by Crippen LogP contribution is 2.39. The lowest BCUT2D eigenvalue weighted by molar-refractivity contribution is 0.439. The van der Waals surface area contributed by atoms with Crippen LogP contribution in [-0.2, 0) is 5.41 Å². The van der Waals surface area contributed by atoms with Gasteiger partial charge in [0.1, 0.15) is 4.60 Å². The highest BCUT2D eigenvalue weighted by molar-refractivity contribution is 9.10. The van der Waals surface area contributed by atoms with Crippen LogP contribution < -0.4 is 5.73 Å². The van der Waals surface area contributed by atoms with Crippen LogP contribution in [0.25, 0.3) is 0 Å². The minimum absolute atomic E-state index is 0.157. The Morgan fingerprint density at radius 3 is 2.64 bits per heavy atom. The number of hydrogen-bond acceptors (Lipinski definition) is 2. The minimum Gasteiger partial charge on any atom is -0.330 e. The molecular weight excluding hydrogens is 240 g/mol. The molecule has 2 rings (SSSR count). The first-order valence-corrected chi connectivity index (χ1v) is 5.89. The summed E-state index contributed by atoms with van der Waals surface area (Å²) in [7, 11) is 0. The van der Waals surface area contributed by atoms with Crippen LogP contribution in [0, 0.1) is 0 Å². The zero-order valence-electron chi connectivity index (χ0n) is 8.17. The van der Waals surface area contributed by atoms with E-state index in [1.165, 1.54) is 25.7 Å². The number of nitrogens with two attached hydrogens (primary N) is 1. The molecule has 0 spiro atoms. The largest absolute Gasteiger partial charge is 0.330 e. The molecule has 0 aromatic carbocycles. The van der Waals surface area contributed by atoms with Gasteiger partial charge in [0.05, 0.1) is 0 Å². The Hall–Kier alpha value is -0.410. The Balaban J connectivity index is 2.35. The number of pyridine rings is 1. The van der Waals surface area contributed by atoms with E-state index >= 15 is 0 Å². The van der Waals surface area contributed by atoms with Gasteiger partial charge in [-0.3, -0.25) is 0 Å². The summed E-state index contributed by atoms with van der Waals surface area (Å²) in [4.78, 5) is 4.53. The molecule has 2 N–H and O–H groups in total. The number of hydrogen-bond donors (Lipinski definition) is 1. The van der Waals surface area contributed by atoms with Crippen LogP contribution in [0.4, 0.5) is 0 Å². The van der Waals surface area contributed by atoms with Gasteiger partial charge < -0.3 is 5.73 Å². The van der Waals surface area contributed by atoms with Crippen molar-refractivity contribution < 1.29 is 0 Å². The second-order valence-corrected chi connectivity index (χ2v) is 4.85. The van der Waals surface area contributed by atoms with Crippen LogP contribution in [0.2, 0.25) is 0 Å². The lowest BCUT2D eigenvalue weighted by atomic mass is 9.82. The maximum absolute atomic E-state index is 5.90. The average Bonchev–Trinajstić information content (AvgIpc) is 2.67. The van der Waals surface area contributed by atoms with Crippen LogP contribution in [0.3, 0.4) is 0 Å². The first-order valence-electron chi connectivity index (χ1n) is 5.10. The normalized spacial score (nSPS) is 19.9. The third-order valence-corrected chi connectivity index (χ3v) is 3.65. The lowest BCUT2D eigenvalue weighted by Gasteiger charge is -2.26. The molecule has 1 aliphatic rings. The molecule has 1 heterocycles. The molecule has 76 valence electrons. The van der Waals surface area contributed by atoms with Gasteiger partial charge >= 0.3 is 0 Å². The summed E-state index contributed by atoms with van der Waals surface area (Å²) < 4.78 is 0.912. The Morgan fingerprint density at radius 1 is 1.36 bits per heavy atom. The standard InChI is InChI=1S/C11H15BrN2/c12-10-5-3-4-9(14-10)11(8-13)6-1-2-7-11/h3-5H,1-2,6-8,13H2. The van der Waals surface area contributed by atoms with Crippen molar-refractivity contribution in [2.45, 2.75) is 31.1 Å². The van der Waals surface area contributed by atoms with Crippen molar-refractivity contribution in [3.63, 3.8) is 0 Å². The van der Waals surface area contributed by atoms with E-state index in [1.54, 1.807) is 0 Å². The second-order valence-electron chi connectivity index (χ2n) is 4.04. The molecule has 0 unspecified atom stereocenters. The quantitative estimate of drug-likeness (QED) is 0.825. The van der Waals surface area contributed by atoms with E-state index in [4.69, 9.17) is 5.73 Å². The molecular formula is C11H15BrN2. The van der Waals surface area contributed by atoms with Gasteiger partial charge in [-0.2, -0.15) is 0 Å². The van der Waals surface area contributed by atoms with E-state index in [-0.39, 0.29) is 5.41 Å². The molecule has 0 atom stereocenters. The predicted molar refractivity (Wildman–Crippen MR) is 61.1 cm³/mol. The van der Waals surface area contributed by atoms with Crippen LogP contribution in [-0.4, -0.2) is 11.5 Å². The van der Waals surface area contributed by atoms with Crippen molar-refractivity contribution in [3.05, 3.63) is 28.5 Å². The molecule has 0 amide bonds. The number of rotatable bonds is 2. The third-order valence-electron chi connectivity index (χ3n) is 3.21. The molecule has 1 aliphatic carbocycles. The summed E-state index contributed by atoms with van der Waals surface area (Å²) in [5.74, 6) is 0. The Morgan fingerprint density at radius 2 is 2.07 bits per heavy atom. The summed E-state index contributed by atoms with van der Waals surface area (Å²) in [5.41, 5.74) is 7.21. The van der Waals surface area contributed by atoms with E-state index < -0.39 is 0 Å². The maximum atomic E-state index is 5.90. The SMILES string of the molecule is NCC1(c2cccc(Br)n2)CCCC1. The Bertz CT molecular complexity index is 319. The van der Waals surface area contributed by atoms with Crippen molar-refractivity contribution in [2.24, 2.45) is 5.73 Å². The molecule has 0 bridgehead atoms. The van der Waals surface area contributed by atoms with Crippen LogP contribution in [0.5, 0.6) is 0 Å². The van der Waals surface area contributed by atoms with Gasteiger partial charge in [-0.15, -0.1) is 0 Å². The van der Waals surface area contributed by atoms with Gasteiger partial charge in [-0.25, -0.2) is 4.98 Å². The van der Waals surface area contributed by atoms with Gasteiger partial charge in [0.2, 0.25) is 0 Å². The zero-order chi connectivity index (χ0) is 10.0. The number of halogens is 1. The van der Waals surface area contributed by atoms with Crippen molar-refractivity contribution >= 4 is 15.9 Å². The summed E-state index contributed by atoms with van der Waals surface area (Å²) >= 11 is 3.41. The van der Waals surface area contributed by atoms with E-state index in [0.29, 0.717) is 0 Å². The van der Waals surface area contributed by atoms with Crippen LogP contribution >= 0.6 is 15.9 Å². The van der Waals surface area contributed by atoms with E-state index in [0.717, 1.165) is 16.8 Å². The lowest BCUT2D eigenvalue weighted by Crippen LogP contribution is -2.32. The molecule has 3 heteroatoms. The Kier molecular flexibility index (Phi) is 2.88. The van der Waals surface area contributed by atoms with Gasteiger partial charge in [0.15, 0.2) is 0 Å². The molecule has 1 aromatic heterocycles. The fourth-order valence-corrected chi connectivity index (χ4v) is 2.66. The van der Waals surface area contributed by atoms with Gasteiger partial charge in [-0.05, 0) is 40.9 Å². The van der Waals surface area contributed by atoms with Crippen molar-refractivity contribution in [1.82, 2.24) is 4.98 Å². The molecule has 14 heavy (non-hydrogen) atoms. The predicted octanol–water partition coefficient (Wildman–Crippen LogP) is 2.61. The van der Waals surface area contributed by atoms with Crippen LogP contribution in [0.1, 0.15) is 31.4 Å². The molecule has 0 radical (unpaired) electrons. The van der Waals surface area contributed by atoms with Crippen molar-refractivity contribution in [3.8, 4) is 0 Å². The fraction of sp³-hybridized carbons (Fsp3) is 0.545. The van der Waals surface area contributed by atoms with E-state index in [1.807, 2.05) is 12.1 Å². The highest BCUT2D eigenvalue weighted by atomic mass is 79.9. The summed E-state index contributed by atoms with van der Waals surface area (Å²) in [6.07, 6.45) is 4.94. The number of aromatic nitrogens is 1. The highest BCUT2D eigenvalue weighted by Gasteiger charge is 2.35. The summed E-state index contributed by atoms with van der Waals surface area (Å²) in [6.45, 7) is 0.719. The zero-order valence-corrected chi connectivity index (χ0v) is 9.76. The molecule has 1 fully saturated rings. The van der Waals surface area contributed by atoms with Gasteiger partial charge in [-0.1, -0.05) is 18.9 Å². The molecule has 0 aliphatic heterocycles. The smallest absolute Gasteiger partial charge is 0.106 e. The summed E-state index contributed by atoms with van der Waals surface area (Å²) in [6, 6.07) is 6.10. The van der Waals surface area contributed by atoms with E-state index in [9.17, 15) is 0 Å². The topological polar surface area (TPSA) is 38.9 Å². The number of nitrogens with zero attached hydrogens (tertiary/aromatic N) is 1. The van der Waals surface area contributed by atoms with Crippen molar-refractivity contribution in [1.29, 1.82) is 0 Å². The van der Waals surface area contributed by atoms with Gasteiger partial charge in [0, 0.05) is 17.7 Å². The molecule has 1 aromatic rings. The average molecular weight is 255 g/mol. The van der Waals surface area contributed by atoms with Crippen LogP contribution in [0.15, 0.2) is 22.8 Å². The third kappa shape index (κ3) is 1.71. The Labute approximate surface area is 93.0 Å². The molecule has 2 nitrogen and oxygen atoms in total. The van der Waals surface area contributed by atoms with Crippen molar-refractivity contribution in [2.75, 3.05) is 6.54 Å². The summed E-state index contributed by atoms with van der Waals surface area (Å²) in [5, 5.41) is 0. The maximum Gasteiger partial charge on any atom is 0.106 e. The molecule has 1 saturated carbocycles. The van der Waals surface area contributed by atoms with Gasteiger partial charge in [0.25, 0.3) is 0 Å². The van der Waals surface area contributed by atoms with E-state index in [2.05, 4.69) is 27.0 Å². The first-order chi connectivity index (χ1) is 6.77. The minimum atomic E-state index is 0.157. The second kappa shape index (κ2) is 3.99. The fourth-order valence-electron chi connectivity index (χ4n) is 2.32. The molecule has 0 saturated heterocycles. The monoisotopic (exact) mass is 254 g/mol.